The zero-order chi connectivity index (χ0) is 27.7. The average molecular weight is 528 g/mol. The molecule has 38 heavy (non-hydrogen) atoms. The van der Waals surface area contributed by atoms with Gasteiger partial charge in [0.15, 0.2) is 0 Å². The highest BCUT2D eigenvalue weighted by Gasteiger charge is 2.59. The van der Waals surface area contributed by atoms with Crippen molar-refractivity contribution in [2.24, 2.45) is 11.3 Å². The summed E-state index contributed by atoms with van der Waals surface area (Å²) in [5, 5.41) is 14.5. The average Bonchev–Trinajstić information content (AvgIpc) is 3.36. The zero-order valence-electron chi connectivity index (χ0n) is 23.1. The molecule has 208 valence electrons. The van der Waals surface area contributed by atoms with E-state index < -0.39 is 35.1 Å². The van der Waals surface area contributed by atoms with E-state index in [1.165, 1.54) is 17.1 Å². The molecule has 1 aromatic carbocycles. The normalized spacial score (nSPS) is 27.2. The van der Waals surface area contributed by atoms with Crippen molar-refractivity contribution < 1.29 is 29.1 Å². The van der Waals surface area contributed by atoms with Gasteiger partial charge in [-0.3, -0.25) is 19.3 Å². The number of hydrogen-bond donors (Lipinski definition) is 2. The Labute approximate surface area is 225 Å². The first-order valence-corrected chi connectivity index (χ1v) is 13.6. The SMILES string of the molecule is CO[C@H]([C@@H](C)C(=O)N[C@@H](Cc1ccccc1)C(=O)N1OC2C=CC1CC2)[C@@]1(C(C)(C)C)CCCN1C(=O)O. The second-order valence-corrected chi connectivity index (χ2v) is 11.7. The molecule has 3 amide bonds. The molecule has 0 radical (unpaired) electrons. The molecule has 0 spiro atoms. The van der Waals surface area contributed by atoms with Crippen molar-refractivity contribution in [3.05, 3.63) is 48.0 Å². The highest BCUT2D eigenvalue weighted by molar-refractivity contribution is 5.89. The number of carbonyl (C=O) groups is 3. The molecule has 3 aliphatic heterocycles. The van der Waals surface area contributed by atoms with Gasteiger partial charge >= 0.3 is 6.09 Å². The van der Waals surface area contributed by atoms with Crippen LogP contribution in [0.2, 0.25) is 0 Å². The Morgan fingerprint density at radius 3 is 2.42 bits per heavy atom. The Morgan fingerprint density at radius 1 is 1.18 bits per heavy atom. The number of carbonyl (C=O) groups excluding carboxylic acids is 2. The van der Waals surface area contributed by atoms with Gasteiger partial charge in [0.25, 0.3) is 5.91 Å². The van der Waals surface area contributed by atoms with Crippen molar-refractivity contribution >= 4 is 17.9 Å². The van der Waals surface area contributed by atoms with E-state index in [2.05, 4.69) is 5.32 Å². The summed E-state index contributed by atoms with van der Waals surface area (Å²) in [6.07, 6.45) is 5.38. The van der Waals surface area contributed by atoms with Gasteiger partial charge in [-0.25, -0.2) is 9.86 Å². The molecule has 2 saturated heterocycles. The second-order valence-electron chi connectivity index (χ2n) is 11.7. The number of benzene rings is 1. The van der Waals surface area contributed by atoms with Gasteiger partial charge in [0.2, 0.25) is 5.91 Å². The first kappa shape index (κ1) is 28.1. The van der Waals surface area contributed by atoms with Crippen LogP contribution in [0.3, 0.4) is 0 Å². The maximum absolute atomic E-state index is 13.8. The first-order chi connectivity index (χ1) is 18.0. The molecule has 6 atom stereocenters. The van der Waals surface area contributed by atoms with Crippen molar-refractivity contribution in [1.29, 1.82) is 0 Å². The second kappa shape index (κ2) is 11.1. The van der Waals surface area contributed by atoms with Gasteiger partial charge in [0.1, 0.15) is 12.1 Å². The van der Waals surface area contributed by atoms with Crippen LogP contribution < -0.4 is 5.32 Å². The number of amides is 3. The summed E-state index contributed by atoms with van der Waals surface area (Å²) in [5.41, 5.74) is -0.480. The fourth-order valence-electron chi connectivity index (χ4n) is 6.57. The largest absolute Gasteiger partial charge is 0.465 e. The van der Waals surface area contributed by atoms with E-state index in [0.717, 1.165) is 18.4 Å². The molecule has 2 fully saturated rings. The summed E-state index contributed by atoms with van der Waals surface area (Å²) in [5.74, 6) is -1.37. The highest BCUT2D eigenvalue weighted by Crippen LogP contribution is 2.49. The Morgan fingerprint density at radius 2 is 1.89 bits per heavy atom. The van der Waals surface area contributed by atoms with E-state index in [4.69, 9.17) is 9.57 Å². The van der Waals surface area contributed by atoms with E-state index >= 15 is 0 Å². The Hall–Kier alpha value is -2.91. The molecular formula is C29H41N3O6. The maximum Gasteiger partial charge on any atom is 0.407 e. The molecule has 2 bridgehead atoms. The van der Waals surface area contributed by atoms with Crippen LogP contribution >= 0.6 is 0 Å². The lowest BCUT2D eigenvalue weighted by Crippen LogP contribution is -2.66. The fourth-order valence-corrected chi connectivity index (χ4v) is 6.57. The Balaban J connectivity index is 1.60. The minimum Gasteiger partial charge on any atom is -0.465 e. The third kappa shape index (κ3) is 5.18. The van der Waals surface area contributed by atoms with Crippen molar-refractivity contribution in [2.75, 3.05) is 13.7 Å². The van der Waals surface area contributed by atoms with Crippen molar-refractivity contribution in [3.63, 3.8) is 0 Å². The van der Waals surface area contributed by atoms with E-state index in [-0.39, 0.29) is 24.0 Å². The van der Waals surface area contributed by atoms with Crippen LogP contribution in [0.25, 0.3) is 0 Å². The van der Waals surface area contributed by atoms with Gasteiger partial charge in [0, 0.05) is 20.1 Å². The quantitative estimate of drug-likeness (QED) is 0.498. The number of methoxy groups -OCH3 is 1. The predicted molar refractivity (Wildman–Crippen MR) is 142 cm³/mol. The number of rotatable bonds is 8. The van der Waals surface area contributed by atoms with Crippen LogP contribution in [0.15, 0.2) is 42.5 Å². The molecule has 0 saturated carbocycles. The fraction of sp³-hybridized carbons (Fsp3) is 0.621. The summed E-state index contributed by atoms with van der Waals surface area (Å²) in [6.45, 7) is 8.11. The lowest BCUT2D eigenvalue weighted by atomic mass is 9.65. The molecule has 9 nitrogen and oxygen atoms in total. The van der Waals surface area contributed by atoms with Gasteiger partial charge in [-0.05, 0) is 36.7 Å². The number of nitrogens with zero attached hydrogens (tertiary/aromatic N) is 2. The van der Waals surface area contributed by atoms with Crippen LogP contribution in [-0.2, 0) is 25.6 Å². The zero-order valence-corrected chi connectivity index (χ0v) is 23.1. The molecule has 9 heteroatoms. The molecule has 4 aliphatic rings. The smallest absolute Gasteiger partial charge is 0.407 e. The predicted octanol–water partition coefficient (Wildman–Crippen LogP) is 3.78. The van der Waals surface area contributed by atoms with E-state index in [0.29, 0.717) is 25.8 Å². The topological polar surface area (TPSA) is 108 Å². The van der Waals surface area contributed by atoms with Crippen LogP contribution in [0.4, 0.5) is 4.79 Å². The number of nitrogens with one attached hydrogen (secondary N) is 1. The lowest BCUT2D eigenvalue weighted by molar-refractivity contribution is -0.232. The van der Waals surface area contributed by atoms with E-state index in [9.17, 15) is 19.5 Å². The van der Waals surface area contributed by atoms with Crippen molar-refractivity contribution in [3.8, 4) is 0 Å². The molecular weight excluding hydrogens is 486 g/mol. The van der Waals surface area contributed by atoms with E-state index in [1.54, 1.807) is 6.92 Å². The third-order valence-electron chi connectivity index (χ3n) is 8.50. The molecule has 5 rings (SSSR count). The highest BCUT2D eigenvalue weighted by atomic mass is 16.7. The standard InChI is InChI=1S/C29H41N3O6/c1-19(24(37-5)29(28(2,3)4)16-9-17-31(29)27(35)36)25(33)30-23(18-20-10-7-6-8-11-20)26(34)32-21-12-14-22(38-32)15-13-21/h6-8,10-12,14,19,21-24H,9,13,15-18H2,1-5H3,(H,30,33)(H,35,36)/t19-,21?,22?,23+,24-,29-/m1/s1. The monoisotopic (exact) mass is 527 g/mol. The summed E-state index contributed by atoms with van der Waals surface area (Å²) in [4.78, 5) is 47.2. The van der Waals surface area contributed by atoms with Crippen LogP contribution in [0.5, 0.6) is 0 Å². The number of hydrogen-bond acceptors (Lipinski definition) is 5. The molecule has 3 heterocycles. The number of likely N-dealkylation sites (tertiary alicyclic amines) is 1. The van der Waals surface area contributed by atoms with Crippen LogP contribution in [0, 0.1) is 11.3 Å². The van der Waals surface area contributed by atoms with Gasteiger partial charge in [-0.2, -0.15) is 0 Å². The summed E-state index contributed by atoms with van der Waals surface area (Å²) in [7, 11) is 1.53. The van der Waals surface area contributed by atoms with Gasteiger partial charge < -0.3 is 15.2 Å². The third-order valence-corrected chi connectivity index (χ3v) is 8.50. The number of fused-ring (bicyclic) bond motifs is 2. The van der Waals surface area contributed by atoms with Crippen molar-refractivity contribution in [2.45, 2.75) is 89.6 Å². The summed E-state index contributed by atoms with van der Waals surface area (Å²) in [6, 6.07) is 8.56. The van der Waals surface area contributed by atoms with Gasteiger partial charge in [-0.1, -0.05) is 70.2 Å². The molecule has 2 N–H and O–H groups in total. The van der Waals surface area contributed by atoms with Gasteiger partial charge in [-0.15, -0.1) is 0 Å². The minimum absolute atomic E-state index is 0.134. The summed E-state index contributed by atoms with van der Waals surface area (Å²) >= 11 is 0. The molecule has 0 aromatic heterocycles. The number of carboxylic acid groups (broad SMARTS) is 1. The maximum atomic E-state index is 13.8. The lowest BCUT2D eigenvalue weighted by Gasteiger charge is -2.52. The molecule has 1 aromatic rings. The minimum atomic E-state index is -1.02. The van der Waals surface area contributed by atoms with E-state index in [1.807, 2.05) is 63.3 Å². The molecule has 2 unspecified atom stereocenters. The van der Waals surface area contributed by atoms with Crippen LogP contribution in [0.1, 0.15) is 58.9 Å². The van der Waals surface area contributed by atoms with Crippen LogP contribution in [-0.4, -0.2) is 76.5 Å². The molecule has 1 aliphatic carbocycles. The Kier molecular flexibility index (Phi) is 8.18. The summed E-state index contributed by atoms with van der Waals surface area (Å²) < 4.78 is 5.95. The Bertz CT molecular complexity index is 1050. The number of ether oxygens (including phenoxy) is 1. The van der Waals surface area contributed by atoms with Gasteiger partial charge in [0.05, 0.1) is 23.6 Å². The first-order valence-electron chi connectivity index (χ1n) is 13.6. The van der Waals surface area contributed by atoms with Crippen molar-refractivity contribution in [1.82, 2.24) is 15.3 Å². The number of hydroxylamine groups is 2.